The van der Waals surface area contributed by atoms with Crippen molar-refractivity contribution < 1.29 is 0 Å². The van der Waals surface area contributed by atoms with E-state index in [9.17, 15) is 0 Å². The van der Waals surface area contributed by atoms with E-state index in [1.165, 1.54) is 98.0 Å². The number of hydrogen-bond donors (Lipinski definition) is 0. The molecular weight excluding hydrogens is 1060 g/mol. The Hall–Kier alpha value is -11.6. The molecule has 17 rings (SSSR count). The molecule has 17 aromatic carbocycles. The first-order valence-electron chi connectivity index (χ1n) is 30.4. The van der Waals surface area contributed by atoms with Gasteiger partial charge in [-0.1, -0.05) is 255 Å². The summed E-state index contributed by atoms with van der Waals surface area (Å²) >= 11 is 0. The first-order valence-corrected chi connectivity index (χ1v) is 30.4. The Morgan fingerprint density at radius 1 is 0.148 bits per heavy atom. The molecule has 0 N–H and O–H groups in total. The smallest absolute Gasteiger partial charge is 0.0468 e. The second-order valence-corrected chi connectivity index (χ2v) is 23.2. The van der Waals surface area contributed by atoms with Gasteiger partial charge in [-0.2, -0.15) is 0 Å². The van der Waals surface area contributed by atoms with Crippen molar-refractivity contribution in [2.75, 3.05) is 9.80 Å². The van der Waals surface area contributed by atoms with Gasteiger partial charge in [0.2, 0.25) is 0 Å². The standard InChI is InChI=1S/C86H56N2/c1-5-23-63-51-71(41-37-57(63)17-1)87(72-42-38-58-18-2-6-24-64(58)52-72)75-45-47-81-83(55-75)85(69-31-13-29-67(49-69)79-35-15-27-61-21-9-11-33-77(61)79)82-48-46-76(56-84(82)86(81)70-32-14-30-68(50-70)80-36-16-28-62-22-10-12-34-78(62)80)88(73-43-39-59-19-3-7-25-65(59)53-73)74-44-40-60-20-4-8-26-66(60)54-74/h1-56H. The molecule has 0 radical (unpaired) electrons. The van der Waals surface area contributed by atoms with Crippen LogP contribution in [0.25, 0.3) is 131 Å². The lowest BCUT2D eigenvalue weighted by Gasteiger charge is -2.29. The van der Waals surface area contributed by atoms with Crippen LogP contribution in [0.3, 0.4) is 0 Å². The molecule has 88 heavy (non-hydrogen) atoms. The fourth-order valence-electron chi connectivity index (χ4n) is 13.9. The molecule has 0 aliphatic carbocycles. The van der Waals surface area contributed by atoms with Gasteiger partial charge in [-0.25, -0.2) is 0 Å². The second-order valence-electron chi connectivity index (χ2n) is 23.2. The van der Waals surface area contributed by atoms with Crippen molar-refractivity contribution in [1.29, 1.82) is 0 Å². The molecule has 410 valence electrons. The van der Waals surface area contributed by atoms with Crippen LogP contribution in [0.2, 0.25) is 0 Å². The van der Waals surface area contributed by atoms with Crippen LogP contribution in [0.5, 0.6) is 0 Å². The van der Waals surface area contributed by atoms with E-state index in [-0.39, 0.29) is 0 Å². The first-order chi connectivity index (χ1) is 43.6. The molecular formula is C86H56N2. The highest BCUT2D eigenvalue weighted by Gasteiger charge is 2.24. The van der Waals surface area contributed by atoms with Gasteiger partial charge < -0.3 is 9.80 Å². The minimum atomic E-state index is 1.06. The summed E-state index contributed by atoms with van der Waals surface area (Å²) in [5.41, 5.74) is 15.9. The Labute approximate surface area is 511 Å². The summed E-state index contributed by atoms with van der Waals surface area (Å²) < 4.78 is 0. The molecule has 0 spiro atoms. The lowest BCUT2D eigenvalue weighted by Crippen LogP contribution is -2.10. The summed E-state index contributed by atoms with van der Waals surface area (Å²) in [4.78, 5) is 4.90. The maximum atomic E-state index is 2.47. The van der Waals surface area contributed by atoms with Crippen molar-refractivity contribution in [3.05, 3.63) is 340 Å². The van der Waals surface area contributed by atoms with Crippen LogP contribution >= 0.6 is 0 Å². The number of nitrogens with zero attached hydrogens (tertiary/aromatic N) is 2. The molecule has 0 heterocycles. The SMILES string of the molecule is c1cc(-c2cccc3ccccc23)cc(-c2c3ccc(N(c4ccc5ccccc5c4)c4ccc5ccccc5c4)cc3c(-c3cccc(-c4cccc5ccccc45)c3)c3ccc(N(c4ccc5ccccc5c4)c4ccc5ccccc5c4)cc23)c1. The van der Waals surface area contributed by atoms with Crippen molar-refractivity contribution in [1.82, 2.24) is 0 Å². The minimum absolute atomic E-state index is 1.06. The Bertz CT molecular complexity index is 5100. The maximum absolute atomic E-state index is 2.47. The molecule has 0 saturated carbocycles. The average molecular weight is 1120 g/mol. The van der Waals surface area contributed by atoms with E-state index in [4.69, 9.17) is 0 Å². The van der Waals surface area contributed by atoms with Crippen LogP contribution in [0.15, 0.2) is 340 Å². The van der Waals surface area contributed by atoms with Crippen molar-refractivity contribution in [2.24, 2.45) is 0 Å². The molecule has 0 atom stereocenters. The summed E-state index contributed by atoms with van der Waals surface area (Å²) in [7, 11) is 0. The van der Waals surface area contributed by atoms with E-state index in [1.54, 1.807) is 0 Å². The summed E-state index contributed by atoms with van der Waals surface area (Å²) in [5, 5.41) is 19.1. The third-order valence-corrected chi connectivity index (χ3v) is 18.1. The average Bonchev–Trinajstić information content (AvgIpc) is 2.98. The number of fused-ring (bicyclic) bond motifs is 8. The molecule has 0 amide bonds. The molecule has 2 nitrogen and oxygen atoms in total. The number of anilines is 6. The van der Waals surface area contributed by atoms with Crippen LogP contribution < -0.4 is 9.80 Å². The zero-order valence-electron chi connectivity index (χ0n) is 48.2. The molecule has 0 saturated heterocycles. The van der Waals surface area contributed by atoms with Gasteiger partial charge in [-0.3, -0.25) is 0 Å². The zero-order chi connectivity index (χ0) is 58.1. The normalized spacial score (nSPS) is 11.6. The van der Waals surface area contributed by atoms with Gasteiger partial charge >= 0.3 is 0 Å². The molecule has 0 bridgehead atoms. The highest BCUT2D eigenvalue weighted by molar-refractivity contribution is 6.23. The molecule has 17 aromatic rings. The first kappa shape index (κ1) is 50.9. The number of rotatable bonds is 10. The molecule has 0 aliphatic rings. The fourth-order valence-corrected chi connectivity index (χ4v) is 13.9. The van der Waals surface area contributed by atoms with Crippen LogP contribution in [-0.2, 0) is 0 Å². The Morgan fingerprint density at radius 3 is 0.784 bits per heavy atom. The Kier molecular flexibility index (Phi) is 12.3. The van der Waals surface area contributed by atoms with Crippen molar-refractivity contribution in [3.8, 4) is 44.5 Å². The van der Waals surface area contributed by atoms with Gasteiger partial charge in [-0.15, -0.1) is 0 Å². The quantitative estimate of drug-likeness (QED) is 0.126. The van der Waals surface area contributed by atoms with Gasteiger partial charge in [0.05, 0.1) is 0 Å². The molecule has 0 aliphatic heterocycles. The maximum Gasteiger partial charge on any atom is 0.0468 e. The third-order valence-electron chi connectivity index (χ3n) is 18.1. The summed E-state index contributed by atoms with van der Waals surface area (Å²) in [6, 6.07) is 126. The van der Waals surface area contributed by atoms with Crippen molar-refractivity contribution >= 4 is 120 Å². The molecule has 0 unspecified atom stereocenters. The minimum Gasteiger partial charge on any atom is -0.310 e. The summed E-state index contributed by atoms with van der Waals surface area (Å²) in [6.45, 7) is 0. The zero-order valence-corrected chi connectivity index (χ0v) is 48.2. The summed E-state index contributed by atoms with van der Waals surface area (Å²) in [6.07, 6.45) is 0. The van der Waals surface area contributed by atoms with Crippen LogP contribution in [0.4, 0.5) is 34.1 Å². The van der Waals surface area contributed by atoms with Crippen LogP contribution in [-0.4, -0.2) is 0 Å². The van der Waals surface area contributed by atoms with Gasteiger partial charge in [0, 0.05) is 34.1 Å². The van der Waals surface area contributed by atoms with Gasteiger partial charge in [0.25, 0.3) is 0 Å². The highest BCUT2D eigenvalue weighted by atomic mass is 15.1. The predicted molar refractivity (Wildman–Crippen MR) is 378 cm³/mol. The van der Waals surface area contributed by atoms with Gasteiger partial charge in [-0.05, 0) is 216 Å². The summed E-state index contributed by atoms with van der Waals surface area (Å²) in [5.74, 6) is 0. The van der Waals surface area contributed by atoms with E-state index in [0.717, 1.165) is 66.8 Å². The van der Waals surface area contributed by atoms with E-state index in [0.29, 0.717) is 0 Å². The Balaban J connectivity index is 0.984. The second kappa shape index (κ2) is 21.2. The lowest BCUT2D eigenvalue weighted by atomic mass is 9.84. The fraction of sp³-hybridized carbons (Fsp3) is 0. The van der Waals surface area contributed by atoms with E-state index < -0.39 is 0 Å². The van der Waals surface area contributed by atoms with Crippen LogP contribution in [0.1, 0.15) is 0 Å². The van der Waals surface area contributed by atoms with E-state index in [1.807, 2.05) is 0 Å². The molecule has 0 aromatic heterocycles. The number of benzene rings is 17. The van der Waals surface area contributed by atoms with E-state index in [2.05, 4.69) is 350 Å². The van der Waals surface area contributed by atoms with Crippen molar-refractivity contribution in [2.45, 2.75) is 0 Å². The lowest BCUT2D eigenvalue weighted by molar-refractivity contribution is 1.30. The monoisotopic (exact) mass is 1120 g/mol. The van der Waals surface area contributed by atoms with E-state index >= 15 is 0 Å². The Morgan fingerprint density at radius 2 is 0.420 bits per heavy atom. The predicted octanol–water partition coefficient (Wildman–Crippen LogP) is 24.5. The van der Waals surface area contributed by atoms with Crippen LogP contribution in [0, 0.1) is 0 Å². The largest absolute Gasteiger partial charge is 0.310 e. The van der Waals surface area contributed by atoms with Crippen molar-refractivity contribution in [3.63, 3.8) is 0 Å². The highest BCUT2D eigenvalue weighted by Crippen LogP contribution is 2.50. The van der Waals surface area contributed by atoms with Gasteiger partial charge in [0.1, 0.15) is 0 Å². The molecule has 2 heteroatoms. The third kappa shape index (κ3) is 8.89. The van der Waals surface area contributed by atoms with Gasteiger partial charge in [0.15, 0.2) is 0 Å². The number of hydrogen-bond acceptors (Lipinski definition) is 2. The topological polar surface area (TPSA) is 6.48 Å². The molecule has 0 fully saturated rings.